The zero-order valence-corrected chi connectivity index (χ0v) is 13.5. The number of carbonyl (C=O) groups excluding carboxylic acids is 2. The topological polar surface area (TPSA) is 145 Å². The molecular formula is C17H20O8. The number of methoxy groups -OCH3 is 1. The van der Waals surface area contributed by atoms with E-state index in [1.165, 1.54) is 24.3 Å². The van der Waals surface area contributed by atoms with Crippen molar-refractivity contribution >= 4 is 17.8 Å². The fraction of sp³-hybridized carbons (Fsp3) is 0.412. The monoisotopic (exact) mass is 352 g/mol. The molecule has 5 N–H and O–H groups in total. The number of carbonyl (C=O) groups is 2. The Labute approximate surface area is 143 Å². The Balaban J connectivity index is 2.13. The van der Waals surface area contributed by atoms with Crippen molar-refractivity contribution in [2.24, 2.45) is 5.92 Å². The van der Waals surface area contributed by atoms with E-state index in [9.17, 15) is 35.1 Å². The first-order valence-electron chi connectivity index (χ1n) is 7.59. The number of aromatic hydroxyl groups is 2. The number of esters is 1. The molecule has 2 atom stereocenters. The van der Waals surface area contributed by atoms with Gasteiger partial charge in [0.1, 0.15) is 0 Å². The van der Waals surface area contributed by atoms with Crippen LogP contribution >= 0.6 is 0 Å². The van der Waals surface area contributed by atoms with Gasteiger partial charge < -0.3 is 30.3 Å². The number of hydrogen-bond acceptors (Lipinski definition) is 8. The van der Waals surface area contributed by atoms with Gasteiger partial charge in [-0.1, -0.05) is 12.1 Å². The highest BCUT2D eigenvalue weighted by atomic mass is 16.5. The summed E-state index contributed by atoms with van der Waals surface area (Å²) in [5.41, 5.74) is -1.62. The highest BCUT2D eigenvalue weighted by Crippen LogP contribution is 2.34. The predicted octanol–water partition coefficient (Wildman–Crippen LogP) is -0.284. The van der Waals surface area contributed by atoms with Gasteiger partial charge in [0.15, 0.2) is 22.9 Å². The number of ether oxygens (including phenoxy) is 1. The molecule has 1 aromatic carbocycles. The van der Waals surface area contributed by atoms with E-state index in [1.54, 1.807) is 0 Å². The van der Waals surface area contributed by atoms with E-state index >= 15 is 0 Å². The van der Waals surface area contributed by atoms with E-state index in [1.807, 2.05) is 0 Å². The predicted molar refractivity (Wildman–Crippen MR) is 85.5 cm³/mol. The average Bonchev–Trinajstić information content (AvgIpc) is 2.54. The lowest BCUT2D eigenvalue weighted by Gasteiger charge is -2.39. The van der Waals surface area contributed by atoms with Crippen LogP contribution in [0, 0.1) is 5.92 Å². The van der Waals surface area contributed by atoms with Crippen molar-refractivity contribution in [3.63, 3.8) is 0 Å². The van der Waals surface area contributed by atoms with Gasteiger partial charge >= 0.3 is 5.97 Å². The molecule has 0 aromatic heterocycles. The SMILES string of the molecule is COC(=O)C1(O)C[C@H](O)C(C(=O)/C=C/c2ccc(O)c(O)c2)[C@@H](O)C1. The molecule has 1 saturated carbocycles. The quantitative estimate of drug-likeness (QED) is 0.283. The summed E-state index contributed by atoms with van der Waals surface area (Å²) in [4.78, 5) is 23.9. The Morgan fingerprint density at radius 2 is 1.76 bits per heavy atom. The van der Waals surface area contributed by atoms with Crippen LogP contribution in [0.2, 0.25) is 0 Å². The summed E-state index contributed by atoms with van der Waals surface area (Å²) in [6, 6.07) is 3.95. The first kappa shape index (κ1) is 18.9. The van der Waals surface area contributed by atoms with E-state index < -0.39 is 48.3 Å². The zero-order chi connectivity index (χ0) is 18.8. The molecule has 0 bridgehead atoms. The lowest BCUT2D eigenvalue weighted by Crippen LogP contribution is -2.55. The number of aliphatic hydroxyl groups is 3. The summed E-state index contributed by atoms with van der Waals surface area (Å²) in [6.45, 7) is 0. The second-order valence-electron chi connectivity index (χ2n) is 6.08. The summed E-state index contributed by atoms with van der Waals surface area (Å²) in [7, 11) is 1.08. The summed E-state index contributed by atoms with van der Waals surface area (Å²) in [5, 5.41) is 49.0. The van der Waals surface area contributed by atoms with Crippen LogP contribution in [-0.4, -0.2) is 62.2 Å². The standard InChI is InChI=1S/C17H20O8/c1-25-16(23)17(24)7-13(21)15(14(22)8-17)11(19)5-3-9-2-4-10(18)12(20)6-9/h2-6,13-15,18,20-22,24H,7-8H2,1H3/b5-3+/t13-,14-,15?,17?/m0/s1. The highest BCUT2D eigenvalue weighted by molar-refractivity contribution is 5.96. The number of aliphatic hydroxyl groups excluding tert-OH is 2. The van der Waals surface area contributed by atoms with Gasteiger partial charge in [0.05, 0.1) is 25.2 Å². The Kier molecular flexibility index (Phi) is 5.46. The number of rotatable bonds is 4. The molecule has 25 heavy (non-hydrogen) atoms. The van der Waals surface area contributed by atoms with Crippen molar-refractivity contribution in [2.45, 2.75) is 30.7 Å². The van der Waals surface area contributed by atoms with Gasteiger partial charge in [-0.25, -0.2) is 4.79 Å². The molecule has 1 aromatic rings. The minimum absolute atomic E-state index is 0.302. The molecule has 2 rings (SSSR count). The Morgan fingerprint density at radius 3 is 2.28 bits per heavy atom. The molecule has 0 spiro atoms. The summed E-state index contributed by atoms with van der Waals surface area (Å²) < 4.78 is 4.46. The van der Waals surface area contributed by atoms with Crippen LogP contribution in [0.15, 0.2) is 24.3 Å². The molecule has 8 heteroatoms. The minimum Gasteiger partial charge on any atom is -0.504 e. The molecule has 0 radical (unpaired) electrons. The number of benzene rings is 1. The Bertz CT molecular complexity index is 684. The van der Waals surface area contributed by atoms with Gasteiger partial charge in [0, 0.05) is 12.8 Å². The molecule has 1 aliphatic carbocycles. The normalized spacial score (nSPS) is 29.5. The summed E-state index contributed by atoms with van der Waals surface area (Å²) in [5.74, 6) is -3.43. The van der Waals surface area contributed by atoms with Crippen molar-refractivity contribution in [3.8, 4) is 11.5 Å². The van der Waals surface area contributed by atoms with Crippen molar-refractivity contribution in [1.82, 2.24) is 0 Å². The van der Waals surface area contributed by atoms with Crippen LogP contribution in [0.3, 0.4) is 0 Å². The molecule has 0 aliphatic heterocycles. The van der Waals surface area contributed by atoms with Crippen LogP contribution < -0.4 is 0 Å². The first-order chi connectivity index (χ1) is 11.7. The van der Waals surface area contributed by atoms with Gasteiger partial charge in [-0.2, -0.15) is 0 Å². The average molecular weight is 352 g/mol. The van der Waals surface area contributed by atoms with E-state index in [0.29, 0.717) is 5.56 Å². The van der Waals surface area contributed by atoms with Gasteiger partial charge in [0.25, 0.3) is 0 Å². The fourth-order valence-electron chi connectivity index (χ4n) is 2.96. The second-order valence-corrected chi connectivity index (χ2v) is 6.08. The van der Waals surface area contributed by atoms with Crippen LogP contribution in [0.4, 0.5) is 0 Å². The molecular weight excluding hydrogens is 332 g/mol. The van der Waals surface area contributed by atoms with Gasteiger partial charge in [-0.05, 0) is 23.8 Å². The number of ketones is 1. The van der Waals surface area contributed by atoms with Crippen LogP contribution in [0.5, 0.6) is 11.5 Å². The third-order valence-corrected chi connectivity index (χ3v) is 4.26. The molecule has 0 amide bonds. The smallest absolute Gasteiger partial charge is 0.338 e. The van der Waals surface area contributed by atoms with Gasteiger partial charge in [-0.3, -0.25) is 4.79 Å². The zero-order valence-electron chi connectivity index (χ0n) is 13.5. The molecule has 0 unspecified atom stereocenters. The van der Waals surface area contributed by atoms with Crippen molar-refractivity contribution in [1.29, 1.82) is 0 Å². The third-order valence-electron chi connectivity index (χ3n) is 4.26. The first-order valence-corrected chi connectivity index (χ1v) is 7.59. The van der Waals surface area contributed by atoms with Crippen molar-refractivity contribution in [2.75, 3.05) is 7.11 Å². The lowest BCUT2D eigenvalue weighted by molar-refractivity contribution is -0.183. The maximum atomic E-state index is 12.3. The van der Waals surface area contributed by atoms with Gasteiger partial charge in [-0.15, -0.1) is 0 Å². The minimum atomic E-state index is -2.04. The maximum absolute atomic E-state index is 12.3. The fourth-order valence-corrected chi connectivity index (χ4v) is 2.96. The molecule has 136 valence electrons. The molecule has 8 nitrogen and oxygen atoms in total. The summed E-state index contributed by atoms with van der Waals surface area (Å²) in [6.07, 6.45) is -1.26. The highest BCUT2D eigenvalue weighted by Gasteiger charge is 2.51. The molecule has 0 saturated heterocycles. The molecule has 0 heterocycles. The van der Waals surface area contributed by atoms with Crippen LogP contribution in [-0.2, 0) is 14.3 Å². The van der Waals surface area contributed by atoms with Crippen LogP contribution in [0.1, 0.15) is 18.4 Å². The molecule has 1 aliphatic rings. The van der Waals surface area contributed by atoms with Crippen LogP contribution in [0.25, 0.3) is 6.08 Å². The Morgan fingerprint density at radius 1 is 1.16 bits per heavy atom. The van der Waals surface area contributed by atoms with Gasteiger partial charge in [0.2, 0.25) is 0 Å². The third kappa shape index (κ3) is 3.98. The largest absolute Gasteiger partial charge is 0.504 e. The number of phenols is 2. The number of allylic oxidation sites excluding steroid dienone is 1. The second kappa shape index (κ2) is 7.22. The van der Waals surface area contributed by atoms with E-state index in [2.05, 4.69) is 4.74 Å². The van der Waals surface area contributed by atoms with E-state index in [0.717, 1.165) is 13.2 Å². The lowest BCUT2D eigenvalue weighted by atomic mass is 9.73. The van der Waals surface area contributed by atoms with E-state index in [-0.39, 0.29) is 11.5 Å². The maximum Gasteiger partial charge on any atom is 0.338 e. The summed E-state index contributed by atoms with van der Waals surface area (Å²) >= 11 is 0. The van der Waals surface area contributed by atoms with E-state index in [4.69, 9.17) is 0 Å². The number of phenolic OH excluding ortho intramolecular Hbond substituents is 2. The van der Waals surface area contributed by atoms with Crippen molar-refractivity contribution in [3.05, 3.63) is 29.8 Å². The Hall–Kier alpha value is -2.42. The molecule has 1 fully saturated rings. The number of hydrogen-bond donors (Lipinski definition) is 5. The van der Waals surface area contributed by atoms with Crippen molar-refractivity contribution < 1.29 is 39.9 Å².